The molecule has 0 saturated heterocycles. The molecular formula is C14H24N2. The summed E-state index contributed by atoms with van der Waals surface area (Å²) in [5.74, 6) is 0.783. The van der Waals surface area contributed by atoms with E-state index in [1.165, 1.54) is 24.2 Å². The fraction of sp³-hybridized carbons (Fsp3) is 0.571. The van der Waals surface area contributed by atoms with Crippen LogP contribution in [0.3, 0.4) is 0 Å². The third-order valence-electron chi connectivity index (χ3n) is 2.76. The number of anilines is 1. The van der Waals surface area contributed by atoms with Crippen LogP contribution < -0.4 is 5.32 Å². The smallest absolute Gasteiger partial charge is 0.0340 e. The second-order valence-corrected chi connectivity index (χ2v) is 4.87. The van der Waals surface area contributed by atoms with Gasteiger partial charge in [-0.15, -0.1) is 0 Å². The molecule has 1 rings (SSSR count). The highest BCUT2D eigenvalue weighted by atomic mass is 15.1. The molecule has 2 heteroatoms. The van der Waals surface area contributed by atoms with Crippen molar-refractivity contribution in [2.24, 2.45) is 5.92 Å². The van der Waals surface area contributed by atoms with Crippen LogP contribution >= 0.6 is 0 Å². The van der Waals surface area contributed by atoms with Crippen LogP contribution in [0.2, 0.25) is 0 Å². The van der Waals surface area contributed by atoms with Gasteiger partial charge < -0.3 is 10.2 Å². The average molecular weight is 220 g/mol. The van der Waals surface area contributed by atoms with Crippen molar-refractivity contribution in [1.82, 2.24) is 4.90 Å². The van der Waals surface area contributed by atoms with Crippen molar-refractivity contribution in [3.63, 3.8) is 0 Å². The van der Waals surface area contributed by atoms with Crippen LogP contribution in [0, 0.1) is 5.92 Å². The molecule has 0 atom stereocenters. The quantitative estimate of drug-likeness (QED) is 0.792. The third-order valence-corrected chi connectivity index (χ3v) is 2.76. The highest BCUT2D eigenvalue weighted by Crippen LogP contribution is 2.12. The summed E-state index contributed by atoms with van der Waals surface area (Å²) in [6.45, 7) is 6.74. The zero-order valence-corrected chi connectivity index (χ0v) is 11.0. The first-order chi connectivity index (χ1) is 7.61. The molecule has 90 valence electrons. The predicted molar refractivity (Wildman–Crippen MR) is 71.8 cm³/mol. The van der Waals surface area contributed by atoms with E-state index < -0.39 is 0 Å². The molecule has 0 radical (unpaired) electrons. The Morgan fingerprint density at radius 3 is 2.69 bits per heavy atom. The summed E-state index contributed by atoms with van der Waals surface area (Å²) in [6, 6.07) is 8.60. The number of rotatable bonds is 6. The summed E-state index contributed by atoms with van der Waals surface area (Å²) < 4.78 is 0. The van der Waals surface area contributed by atoms with Gasteiger partial charge in [-0.1, -0.05) is 26.0 Å². The van der Waals surface area contributed by atoms with Gasteiger partial charge in [0.25, 0.3) is 0 Å². The second kappa shape index (κ2) is 6.54. The minimum Gasteiger partial charge on any atom is -0.388 e. The van der Waals surface area contributed by atoms with Crippen molar-refractivity contribution in [2.75, 3.05) is 26.0 Å². The van der Waals surface area contributed by atoms with E-state index in [0.717, 1.165) is 12.5 Å². The topological polar surface area (TPSA) is 15.3 Å². The Morgan fingerprint density at radius 1 is 1.31 bits per heavy atom. The van der Waals surface area contributed by atoms with Crippen molar-refractivity contribution >= 4 is 5.69 Å². The van der Waals surface area contributed by atoms with Crippen molar-refractivity contribution in [1.29, 1.82) is 0 Å². The highest BCUT2D eigenvalue weighted by molar-refractivity contribution is 5.44. The number of hydrogen-bond acceptors (Lipinski definition) is 2. The Hall–Kier alpha value is -1.02. The average Bonchev–Trinajstić information content (AvgIpc) is 2.26. The summed E-state index contributed by atoms with van der Waals surface area (Å²) in [5.41, 5.74) is 2.56. The van der Waals surface area contributed by atoms with Crippen LogP contribution in [0.1, 0.15) is 25.8 Å². The molecule has 0 aliphatic carbocycles. The molecule has 1 aromatic rings. The molecule has 1 aromatic carbocycles. The molecule has 0 bridgehead atoms. The van der Waals surface area contributed by atoms with Gasteiger partial charge in [-0.3, -0.25) is 0 Å². The normalized spacial score (nSPS) is 11.1. The van der Waals surface area contributed by atoms with Gasteiger partial charge in [-0.2, -0.15) is 0 Å². The number of nitrogens with one attached hydrogen (secondary N) is 1. The van der Waals surface area contributed by atoms with E-state index in [2.05, 4.69) is 55.4 Å². The standard InChI is InChI=1S/C14H24N2/c1-12(2)8-9-16(4)11-13-6-5-7-14(10-13)15-3/h5-7,10,12,15H,8-9,11H2,1-4H3. The van der Waals surface area contributed by atoms with Gasteiger partial charge in [0.05, 0.1) is 0 Å². The van der Waals surface area contributed by atoms with Crippen molar-refractivity contribution in [2.45, 2.75) is 26.8 Å². The summed E-state index contributed by atoms with van der Waals surface area (Å²) in [4.78, 5) is 2.38. The molecule has 0 heterocycles. The molecule has 0 fully saturated rings. The molecule has 0 spiro atoms. The molecular weight excluding hydrogens is 196 g/mol. The van der Waals surface area contributed by atoms with E-state index in [0.29, 0.717) is 0 Å². The Balaban J connectivity index is 2.45. The van der Waals surface area contributed by atoms with Crippen LogP contribution in [0.4, 0.5) is 5.69 Å². The highest BCUT2D eigenvalue weighted by Gasteiger charge is 2.02. The fourth-order valence-electron chi connectivity index (χ4n) is 1.69. The van der Waals surface area contributed by atoms with Crippen molar-refractivity contribution in [3.8, 4) is 0 Å². The maximum Gasteiger partial charge on any atom is 0.0340 e. The second-order valence-electron chi connectivity index (χ2n) is 4.87. The van der Waals surface area contributed by atoms with Gasteiger partial charge in [-0.05, 0) is 43.6 Å². The first-order valence-electron chi connectivity index (χ1n) is 6.07. The van der Waals surface area contributed by atoms with Gasteiger partial charge in [-0.25, -0.2) is 0 Å². The SMILES string of the molecule is CNc1cccc(CN(C)CCC(C)C)c1. The summed E-state index contributed by atoms with van der Waals surface area (Å²) in [5, 5.41) is 3.17. The van der Waals surface area contributed by atoms with E-state index in [4.69, 9.17) is 0 Å². The van der Waals surface area contributed by atoms with Crippen LogP contribution in [0.15, 0.2) is 24.3 Å². The van der Waals surface area contributed by atoms with Gasteiger partial charge >= 0.3 is 0 Å². The van der Waals surface area contributed by atoms with E-state index >= 15 is 0 Å². The lowest BCUT2D eigenvalue weighted by atomic mass is 10.1. The lowest BCUT2D eigenvalue weighted by Gasteiger charge is -2.18. The number of benzene rings is 1. The number of nitrogens with zero attached hydrogens (tertiary/aromatic N) is 1. The Labute approximate surface area is 99.7 Å². The van der Waals surface area contributed by atoms with Crippen molar-refractivity contribution in [3.05, 3.63) is 29.8 Å². The van der Waals surface area contributed by atoms with Crippen LogP contribution in [-0.2, 0) is 6.54 Å². The molecule has 2 nitrogen and oxygen atoms in total. The minimum absolute atomic E-state index is 0.783. The number of hydrogen-bond donors (Lipinski definition) is 1. The van der Waals surface area contributed by atoms with Gasteiger partial charge in [0.15, 0.2) is 0 Å². The van der Waals surface area contributed by atoms with Crippen LogP contribution in [-0.4, -0.2) is 25.5 Å². The van der Waals surface area contributed by atoms with Crippen molar-refractivity contribution < 1.29 is 0 Å². The van der Waals surface area contributed by atoms with Gasteiger partial charge in [0.1, 0.15) is 0 Å². The summed E-state index contributed by atoms with van der Waals surface area (Å²) in [7, 11) is 4.15. The molecule has 0 aliphatic rings. The first-order valence-corrected chi connectivity index (χ1v) is 6.07. The minimum atomic E-state index is 0.783. The zero-order valence-electron chi connectivity index (χ0n) is 11.0. The molecule has 0 unspecified atom stereocenters. The molecule has 0 saturated carbocycles. The monoisotopic (exact) mass is 220 g/mol. The zero-order chi connectivity index (χ0) is 12.0. The maximum absolute atomic E-state index is 3.17. The Bertz CT molecular complexity index is 307. The largest absolute Gasteiger partial charge is 0.388 e. The van der Waals surface area contributed by atoms with Crippen LogP contribution in [0.25, 0.3) is 0 Å². The summed E-state index contributed by atoms with van der Waals surface area (Å²) >= 11 is 0. The molecule has 0 aromatic heterocycles. The lowest BCUT2D eigenvalue weighted by Crippen LogP contribution is -2.20. The molecule has 0 aliphatic heterocycles. The van der Waals surface area contributed by atoms with Crippen LogP contribution in [0.5, 0.6) is 0 Å². The lowest BCUT2D eigenvalue weighted by molar-refractivity contribution is 0.303. The molecule has 0 amide bonds. The van der Waals surface area contributed by atoms with Gasteiger partial charge in [0, 0.05) is 19.3 Å². The van der Waals surface area contributed by atoms with Gasteiger partial charge in [0.2, 0.25) is 0 Å². The molecule has 1 N–H and O–H groups in total. The maximum atomic E-state index is 3.17. The Kier molecular flexibility index (Phi) is 5.33. The van der Waals surface area contributed by atoms with E-state index in [-0.39, 0.29) is 0 Å². The van der Waals surface area contributed by atoms with E-state index in [1.807, 2.05) is 7.05 Å². The van der Waals surface area contributed by atoms with E-state index in [9.17, 15) is 0 Å². The third kappa shape index (κ3) is 4.67. The van der Waals surface area contributed by atoms with E-state index in [1.54, 1.807) is 0 Å². The Morgan fingerprint density at radius 2 is 2.06 bits per heavy atom. The summed E-state index contributed by atoms with van der Waals surface area (Å²) in [6.07, 6.45) is 1.27. The first kappa shape index (κ1) is 13.0. The molecule has 16 heavy (non-hydrogen) atoms. The predicted octanol–water partition coefficient (Wildman–Crippen LogP) is 3.21. The fourth-order valence-corrected chi connectivity index (χ4v) is 1.69.